The maximum absolute atomic E-state index is 11.7. The lowest BCUT2D eigenvalue weighted by atomic mass is 10.1. The van der Waals surface area contributed by atoms with Crippen LogP contribution in [0.4, 0.5) is 5.69 Å². The number of benzene rings is 1. The van der Waals surface area contributed by atoms with E-state index in [1.165, 1.54) is 12.1 Å². The first-order valence-electron chi connectivity index (χ1n) is 5.31. The monoisotopic (exact) mass is 269 g/mol. The number of phenols is 1. The maximum atomic E-state index is 11.7. The van der Waals surface area contributed by atoms with E-state index in [-0.39, 0.29) is 28.8 Å². The predicted molar refractivity (Wildman–Crippen MR) is 71.2 cm³/mol. The van der Waals surface area contributed by atoms with Gasteiger partial charge < -0.3 is 15.5 Å². The zero-order valence-corrected chi connectivity index (χ0v) is 11.0. The molecule has 0 heterocycles. The molecule has 1 rings (SSSR count). The number of aromatic carboxylic acids is 1. The first-order valence-corrected chi connectivity index (χ1v) is 6.71. The zero-order chi connectivity index (χ0) is 13.7. The van der Waals surface area contributed by atoms with Crippen LogP contribution in [0.5, 0.6) is 5.75 Å². The van der Waals surface area contributed by atoms with Crippen LogP contribution in [-0.4, -0.2) is 34.1 Å². The van der Waals surface area contributed by atoms with Crippen molar-refractivity contribution in [3.05, 3.63) is 23.8 Å². The summed E-state index contributed by atoms with van der Waals surface area (Å²) in [4.78, 5) is 22.4. The number of thioether (sulfide) groups is 1. The first-order chi connectivity index (χ1) is 8.45. The van der Waals surface area contributed by atoms with Crippen LogP contribution < -0.4 is 5.32 Å². The van der Waals surface area contributed by atoms with Gasteiger partial charge in [0.15, 0.2) is 0 Å². The van der Waals surface area contributed by atoms with Crippen LogP contribution in [0.25, 0.3) is 0 Å². The van der Waals surface area contributed by atoms with Crippen molar-refractivity contribution in [2.45, 2.75) is 6.92 Å². The van der Waals surface area contributed by atoms with Gasteiger partial charge in [0.1, 0.15) is 5.75 Å². The van der Waals surface area contributed by atoms with Crippen molar-refractivity contribution in [3.8, 4) is 5.75 Å². The van der Waals surface area contributed by atoms with E-state index in [9.17, 15) is 14.7 Å². The third-order valence-electron chi connectivity index (χ3n) is 2.37. The van der Waals surface area contributed by atoms with Crippen molar-refractivity contribution in [1.82, 2.24) is 0 Å². The molecule has 0 aliphatic heterocycles. The number of nitrogens with one attached hydrogen (secondary N) is 1. The Balaban J connectivity index is 2.79. The summed E-state index contributed by atoms with van der Waals surface area (Å²) >= 11 is 1.56. The minimum absolute atomic E-state index is 0.0253. The van der Waals surface area contributed by atoms with Crippen LogP contribution in [0.15, 0.2) is 18.2 Å². The molecule has 0 aliphatic rings. The van der Waals surface area contributed by atoms with Crippen LogP contribution in [-0.2, 0) is 4.79 Å². The number of carbonyl (C=O) groups is 2. The van der Waals surface area contributed by atoms with E-state index < -0.39 is 5.97 Å². The Labute approximate surface area is 109 Å². The molecule has 0 saturated carbocycles. The van der Waals surface area contributed by atoms with Crippen LogP contribution in [0.1, 0.15) is 17.3 Å². The number of hydrogen-bond donors (Lipinski definition) is 3. The predicted octanol–water partition coefficient (Wildman–Crippen LogP) is 2.03. The van der Waals surface area contributed by atoms with Gasteiger partial charge in [-0.3, -0.25) is 4.79 Å². The molecule has 0 aromatic heterocycles. The lowest BCUT2D eigenvalue weighted by Crippen LogP contribution is -2.22. The van der Waals surface area contributed by atoms with Crippen LogP contribution in [0.2, 0.25) is 0 Å². The number of carboxylic acids is 1. The van der Waals surface area contributed by atoms with Gasteiger partial charge in [-0.2, -0.15) is 11.8 Å². The third kappa shape index (κ3) is 3.66. The van der Waals surface area contributed by atoms with Crippen molar-refractivity contribution in [3.63, 3.8) is 0 Å². The van der Waals surface area contributed by atoms with Gasteiger partial charge in [0.05, 0.1) is 11.3 Å². The Morgan fingerprint density at radius 1 is 1.44 bits per heavy atom. The highest BCUT2D eigenvalue weighted by Crippen LogP contribution is 2.25. The van der Waals surface area contributed by atoms with E-state index in [1.807, 2.05) is 6.26 Å². The zero-order valence-electron chi connectivity index (χ0n) is 10.1. The molecule has 5 nitrogen and oxygen atoms in total. The van der Waals surface area contributed by atoms with Gasteiger partial charge >= 0.3 is 5.97 Å². The smallest absolute Gasteiger partial charge is 0.335 e. The second-order valence-electron chi connectivity index (χ2n) is 3.88. The van der Waals surface area contributed by atoms with Gasteiger partial charge in [0.2, 0.25) is 5.91 Å². The fourth-order valence-corrected chi connectivity index (χ4v) is 2.00. The molecule has 0 aliphatic carbocycles. The molecule has 1 atom stereocenters. The van der Waals surface area contributed by atoms with Crippen molar-refractivity contribution in [2.24, 2.45) is 5.92 Å². The highest BCUT2D eigenvalue weighted by atomic mass is 32.2. The fraction of sp³-hybridized carbons (Fsp3) is 0.333. The number of hydrogen-bond acceptors (Lipinski definition) is 4. The van der Waals surface area contributed by atoms with E-state index in [4.69, 9.17) is 5.11 Å². The van der Waals surface area contributed by atoms with Crippen LogP contribution in [0, 0.1) is 5.92 Å². The molecule has 3 N–H and O–H groups in total. The van der Waals surface area contributed by atoms with Crippen molar-refractivity contribution >= 4 is 29.3 Å². The summed E-state index contributed by atoms with van der Waals surface area (Å²) in [6.45, 7) is 1.79. The normalized spacial score (nSPS) is 11.9. The molecule has 0 spiro atoms. The molecular weight excluding hydrogens is 254 g/mol. The highest BCUT2D eigenvalue weighted by molar-refractivity contribution is 7.98. The number of carbonyl (C=O) groups excluding carboxylic acids is 1. The molecular formula is C12H15NO4S. The molecule has 98 valence electrons. The summed E-state index contributed by atoms with van der Waals surface area (Å²) in [5, 5.41) is 20.9. The molecule has 1 amide bonds. The Morgan fingerprint density at radius 2 is 2.11 bits per heavy atom. The Hall–Kier alpha value is -1.69. The van der Waals surface area contributed by atoms with E-state index >= 15 is 0 Å². The lowest BCUT2D eigenvalue weighted by Gasteiger charge is -2.12. The Kier molecular flexibility index (Phi) is 5.03. The average molecular weight is 269 g/mol. The van der Waals surface area contributed by atoms with Crippen molar-refractivity contribution in [2.75, 3.05) is 17.3 Å². The lowest BCUT2D eigenvalue weighted by molar-refractivity contribution is -0.118. The van der Waals surface area contributed by atoms with Gasteiger partial charge in [-0.25, -0.2) is 4.79 Å². The van der Waals surface area contributed by atoms with Gasteiger partial charge in [-0.1, -0.05) is 6.92 Å². The molecule has 1 aromatic carbocycles. The SMILES string of the molecule is CSCC(C)C(=O)Nc1ccc(C(=O)O)cc1O. The number of rotatable bonds is 5. The van der Waals surface area contributed by atoms with Gasteiger partial charge in [0, 0.05) is 11.7 Å². The van der Waals surface area contributed by atoms with E-state index in [0.717, 1.165) is 6.07 Å². The van der Waals surface area contributed by atoms with Crippen molar-refractivity contribution < 1.29 is 19.8 Å². The van der Waals surface area contributed by atoms with Crippen molar-refractivity contribution in [1.29, 1.82) is 0 Å². The standard InChI is InChI=1S/C12H15NO4S/c1-7(6-18-2)11(15)13-9-4-3-8(12(16)17)5-10(9)14/h3-5,7,14H,6H2,1-2H3,(H,13,15)(H,16,17). The summed E-state index contributed by atoms with van der Waals surface area (Å²) in [6, 6.07) is 3.82. The molecule has 6 heteroatoms. The molecule has 0 saturated heterocycles. The first kappa shape index (κ1) is 14.4. The molecule has 0 bridgehead atoms. The summed E-state index contributed by atoms with van der Waals surface area (Å²) in [5.41, 5.74) is 0.195. The molecule has 1 aromatic rings. The highest BCUT2D eigenvalue weighted by Gasteiger charge is 2.15. The minimum Gasteiger partial charge on any atom is -0.506 e. The Morgan fingerprint density at radius 3 is 2.61 bits per heavy atom. The molecule has 18 heavy (non-hydrogen) atoms. The Bertz CT molecular complexity index is 461. The molecule has 1 unspecified atom stereocenters. The summed E-state index contributed by atoms with van der Waals surface area (Å²) in [7, 11) is 0. The van der Waals surface area contributed by atoms with Crippen LogP contribution in [0.3, 0.4) is 0 Å². The third-order valence-corrected chi connectivity index (χ3v) is 3.20. The number of amides is 1. The summed E-state index contributed by atoms with van der Waals surface area (Å²) < 4.78 is 0. The number of aromatic hydroxyl groups is 1. The molecule has 0 radical (unpaired) electrons. The average Bonchev–Trinajstić information content (AvgIpc) is 2.31. The quantitative estimate of drug-likeness (QED) is 0.712. The summed E-state index contributed by atoms with van der Waals surface area (Å²) in [5.74, 6) is -1.08. The van der Waals surface area contributed by atoms with Gasteiger partial charge in [0.25, 0.3) is 0 Å². The number of phenolic OH excluding ortho intramolecular Hbond substituents is 1. The van der Waals surface area contributed by atoms with Crippen LogP contribution >= 0.6 is 11.8 Å². The van der Waals surface area contributed by atoms with E-state index in [2.05, 4.69) is 5.32 Å². The summed E-state index contributed by atoms with van der Waals surface area (Å²) in [6.07, 6.45) is 1.91. The van der Waals surface area contributed by atoms with Gasteiger partial charge in [-0.15, -0.1) is 0 Å². The largest absolute Gasteiger partial charge is 0.506 e. The van der Waals surface area contributed by atoms with Gasteiger partial charge in [-0.05, 0) is 24.5 Å². The number of carboxylic acid groups (broad SMARTS) is 1. The second kappa shape index (κ2) is 6.30. The fourth-order valence-electron chi connectivity index (χ4n) is 1.35. The molecule has 0 fully saturated rings. The minimum atomic E-state index is -1.13. The number of anilines is 1. The van der Waals surface area contributed by atoms with E-state index in [1.54, 1.807) is 18.7 Å². The van der Waals surface area contributed by atoms with E-state index in [0.29, 0.717) is 5.75 Å². The second-order valence-corrected chi connectivity index (χ2v) is 4.79. The topological polar surface area (TPSA) is 86.6 Å². The maximum Gasteiger partial charge on any atom is 0.335 e.